The molecule has 6 nitrogen and oxygen atoms in total. The van der Waals surface area contributed by atoms with Gasteiger partial charge in [0.15, 0.2) is 5.82 Å². The van der Waals surface area contributed by atoms with E-state index >= 15 is 0 Å². The Kier molecular flexibility index (Phi) is 4.31. The molecule has 1 aliphatic carbocycles. The third kappa shape index (κ3) is 3.26. The highest BCUT2D eigenvalue weighted by molar-refractivity contribution is 5.94. The van der Waals surface area contributed by atoms with E-state index in [9.17, 15) is 9.90 Å². The van der Waals surface area contributed by atoms with Crippen LogP contribution in [0.1, 0.15) is 42.7 Å². The lowest BCUT2D eigenvalue weighted by Gasteiger charge is -2.13. The number of terminal acetylenes is 1. The zero-order chi connectivity index (χ0) is 18.1. The van der Waals surface area contributed by atoms with Gasteiger partial charge >= 0.3 is 0 Å². The average molecular weight is 348 g/mol. The standard InChI is InChI=1S/C20H20N4O2/c1-2-12-5-8-14(17(25)10-12)19-15(13-6-7-13)11-18(23-24-19)22-20(26)16-4-3-9-21-16/h1,5,8,10-11,13,16,21,25H,3-4,6-7,9H2,(H,22,23,26)/t16-/m1/s1. The molecule has 0 radical (unpaired) electrons. The number of nitrogens with zero attached hydrogens (tertiary/aromatic N) is 2. The number of amides is 1. The fourth-order valence-corrected chi connectivity index (χ4v) is 3.33. The number of benzene rings is 1. The first-order valence-electron chi connectivity index (χ1n) is 8.87. The molecule has 26 heavy (non-hydrogen) atoms. The zero-order valence-electron chi connectivity index (χ0n) is 14.3. The molecule has 1 aliphatic heterocycles. The first kappa shape index (κ1) is 16.6. The second-order valence-electron chi connectivity index (χ2n) is 6.82. The van der Waals surface area contributed by atoms with Gasteiger partial charge in [-0.25, -0.2) is 0 Å². The van der Waals surface area contributed by atoms with Crippen molar-refractivity contribution in [2.24, 2.45) is 0 Å². The SMILES string of the molecule is C#Cc1ccc(-c2nnc(NC(=O)[C@H]3CCCN3)cc2C2CC2)c(O)c1. The molecule has 4 rings (SSSR count). The number of hydrogen-bond donors (Lipinski definition) is 3. The van der Waals surface area contributed by atoms with E-state index in [4.69, 9.17) is 6.42 Å². The van der Waals surface area contributed by atoms with Crippen molar-refractivity contribution in [3.63, 3.8) is 0 Å². The largest absolute Gasteiger partial charge is 0.507 e. The minimum absolute atomic E-state index is 0.0764. The van der Waals surface area contributed by atoms with Crippen molar-refractivity contribution in [3.05, 3.63) is 35.4 Å². The first-order chi connectivity index (χ1) is 12.7. The Morgan fingerprint density at radius 1 is 1.27 bits per heavy atom. The summed E-state index contributed by atoms with van der Waals surface area (Å²) in [5.74, 6) is 3.35. The van der Waals surface area contributed by atoms with E-state index in [-0.39, 0.29) is 17.7 Å². The predicted octanol–water partition coefficient (Wildman–Crippen LogP) is 2.40. The number of anilines is 1. The van der Waals surface area contributed by atoms with Gasteiger partial charge in [0.05, 0.1) is 6.04 Å². The van der Waals surface area contributed by atoms with Gasteiger partial charge in [0.25, 0.3) is 0 Å². The lowest BCUT2D eigenvalue weighted by Crippen LogP contribution is -2.35. The zero-order valence-corrected chi connectivity index (χ0v) is 14.3. The van der Waals surface area contributed by atoms with Crippen molar-refractivity contribution in [3.8, 4) is 29.4 Å². The molecule has 0 bridgehead atoms. The maximum Gasteiger partial charge on any atom is 0.242 e. The summed E-state index contributed by atoms with van der Waals surface area (Å²) in [6.45, 7) is 0.864. The molecule has 6 heteroatoms. The molecular weight excluding hydrogens is 328 g/mol. The molecule has 1 aromatic carbocycles. The fraction of sp³-hybridized carbons (Fsp3) is 0.350. The lowest BCUT2D eigenvalue weighted by molar-refractivity contribution is -0.117. The summed E-state index contributed by atoms with van der Waals surface area (Å²) >= 11 is 0. The number of nitrogens with one attached hydrogen (secondary N) is 2. The molecular formula is C20H20N4O2. The molecule has 2 aliphatic rings. The predicted molar refractivity (Wildman–Crippen MR) is 98.7 cm³/mol. The van der Waals surface area contributed by atoms with Crippen LogP contribution in [-0.2, 0) is 4.79 Å². The smallest absolute Gasteiger partial charge is 0.242 e. The molecule has 2 fully saturated rings. The Labute approximate surface area is 152 Å². The summed E-state index contributed by atoms with van der Waals surface area (Å²) in [5, 5.41) is 24.8. The van der Waals surface area contributed by atoms with E-state index in [1.165, 1.54) is 0 Å². The Balaban J connectivity index is 1.64. The van der Waals surface area contributed by atoms with E-state index in [1.54, 1.807) is 18.2 Å². The van der Waals surface area contributed by atoms with Crippen LogP contribution in [0.5, 0.6) is 5.75 Å². The normalized spacial score (nSPS) is 19.1. The number of aromatic hydroxyl groups is 1. The molecule has 3 N–H and O–H groups in total. The summed E-state index contributed by atoms with van der Waals surface area (Å²) in [4.78, 5) is 12.3. The molecule has 2 heterocycles. The van der Waals surface area contributed by atoms with Crippen LogP contribution in [0.4, 0.5) is 5.82 Å². The number of carbonyl (C=O) groups excluding carboxylic acids is 1. The average Bonchev–Trinajstić information content (AvgIpc) is 3.35. The van der Waals surface area contributed by atoms with Gasteiger partial charge in [-0.2, -0.15) is 0 Å². The Bertz CT molecular complexity index is 893. The lowest BCUT2D eigenvalue weighted by atomic mass is 10.0. The highest BCUT2D eigenvalue weighted by atomic mass is 16.3. The summed E-state index contributed by atoms with van der Waals surface area (Å²) in [5.41, 5.74) is 2.86. The van der Waals surface area contributed by atoms with Gasteiger partial charge < -0.3 is 15.7 Å². The third-order valence-corrected chi connectivity index (χ3v) is 4.89. The second kappa shape index (κ2) is 6.77. The van der Waals surface area contributed by atoms with Gasteiger partial charge in [0.1, 0.15) is 11.4 Å². The number of phenols is 1. The van der Waals surface area contributed by atoms with Gasteiger partial charge in [0, 0.05) is 11.1 Å². The van der Waals surface area contributed by atoms with Gasteiger partial charge in [0.2, 0.25) is 5.91 Å². The van der Waals surface area contributed by atoms with Crippen molar-refractivity contribution >= 4 is 11.7 Å². The van der Waals surface area contributed by atoms with E-state index in [0.29, 0.717) is 28.6 Å². The number of carbonyl (C=O) groups is 1. The second-order valence-corrected chi connectivity index (χ2v) is 6.82. The molecule has 0 unspecified atom stereocenters. The fourth-order valence-electron chi connectivity index (χ4n) is 3.33. The molecule has 1 saturated heterocycles. The van der Waals surface area contributed by atoms with Crippen LogP contribution >= 0.6 is 0 Å². The maximum atomic E-state index is 12.3. The van der Waals surface area contributed by atoms with E-state index < -0.39 is 0 Å². The van der Waals surface area contributed by atoms with Crippen molar-refractivity contribution in [1.82, 2.24) is 15.5 Å². The molecule has 1 atom stereocenters. The minimum atomic E-state index is -0.166. The van der Waals surface area contributed by atoms with Gasteiger partial charge in [-0.15, -0.1) is 16.6 Å². The molecule has 0 spiro atoms. The topological polar surface area (TPSA) is 87.1 Å². The Morgan fingerprint density at radius 2 is 2.12 bits per heavy atom. The van der Waals surface area contributed by atoms with Crippen molar-refractivity contribution in [2.75, 3.05) is 11.9 Å². The van der Waals surface area contributed by atoms with Crippen LogP contribution in [0.2, 0.25) is 0 Å². The van der Waals surface area contributed by atoms with Crippen molar-refractivity contribution in [2.45, 2.75) is 37.6 Å². The number of rotatable bonds is 4. The van der Waals surface area contributed by atoms with Gasteiger partial charge in [-0.1, -0.05) is 5.92 Å². The maximum absolute atomic E-state index is 12.3. The molecule has 132 valence electrons. The van der Waals surface area contributed by atoms with Crippen LogP contribution in [0, 0.1) is 12.3 Å². The van der Waals surface area contributed by atoms with Crippen LogP contribution in [0.25, 0.3) is 11.3 Å². The van der Waals surface area contributed by atoms with Crippen molar-refractivity contribution in [1.29, 1.82) is 0 Å². The quantitative estimate of drug-likeness (QED) is 0.739. The van der Waals surface area contributed by atoms with Crippen LogP contribution in [0.3, 0.4) is 0 Å². The van der Waals surface area contributed by atoms with E-state index in [1.807, 2.05) is 6.07 Å². The van der Waals surface area contributed by atoms with E-state index in [2.05, 4.69) is 26.8 Å². The molecule has 1 saturated carbocycles. The summed E-state index contributed by atoms with van der Waals surface area (Å²) in [6, 6.07) is 6.80. The molecule has 2 aromatic rings. The third-order valence-electron chi connectivity index (χ3n) is 4.89. The Morgan fingerprint density at radius 3 is 2.77 bits per heavy atom. The highest BCUT2D eigenvalue weighted by Crippen LogP contribution is 2.45. The van der Waals surface area contributed by atoms with Gasteiger partial charge in [-0.05, 0) is 68.0 Å². The van der Waals surface area contributed by atoms with Crippen molar-refractivity contribution < 1.29 is 9.90 Å². The Hall–Kier alpha value is -2.91. The number of hydrogen-bond acceptors (Lipinski definition) is 5. The molecule has 1 aromatic heterocycles. The minimum Gasteiger partial charge on any atom is -0.507 e. The van der Waals surface area contributed by atoms with E-state index in [0.717, 1.165) is 37.8 Å². The monoisotopic (exact) mass is 348 g/mol. The summed E-state index contributed by atoms with van der Waals surface area (Å²) < 4.78 is 0. The van der Waals surface area contributed by atoms with Crippen LogP contribution in [-0.4, -0.2) is 33.8 Å². The highest BCUT2D eigenvalue weighted by Gasteiger charge is 2.30. The van der Waals surface area contributed by atoms with Crippen LogP contribution < -0.4 is 10.6 Å². The van der Waals surface area contributed by atoms with Gasteiger partial charge in [-0.3, -0.25) is 4.79 Å². The van der Waals surface area contributed by atoms with Crippen LogP contribution in [0.15, 0.2) is 24.3 Å². The first-order valence-corrected chi connectivity index (χ1v) is 8.87. The number of phenolic OH excluding ortho intramolecular Hbond substituents is 1. The number of aromatic nitrogens is 2. The molecule has 1 amide bonds. The summed E-state index contributed by atoms with van der Waals surface area (Å²) in [7, 11) is 0. The summed E-state index contributed by atoms with van der Waals surface area (Å²) in [6.07, 6.45) is 9.36.